The van der Waals surface area contributed by atoms with Crippen molar-refractivity contribution in [3.8, 4) is 0 Å². The van der Waals surface area contributed by atoms with Crippen LogP contribution in [0.15, 0.2) is 53.9 Å². The van der Waals surface area contributed by atoms with Crippen LogP contribution in [0.4, 0.5) is 5.69 Å². The average Bonchev–Trinajstić information content (AvgIpc) is 2.86. The van der Waals surface area contributed by atoms with Gasteiger partial charge in [0.05, 0.1) is 11.3 Å². The molecule has 1 unspecified atom stereocenters. The van der Waals surface area contributed by atoms with Gasteiger partial charge in [-0.05, 0) is 55.2 Å². The van der Waals surface area contributed by atoms with Crippen LogP contribution in [0.5, 0.6) is 0 Å². The quantitative estimate of drug-likeness (QED) is 0.862. The van der Waals surface area contributed by atoms with Crippen molar-refractivity contribution in [2.45, 2.75) is 40.2 Å². The van der Waals surface area contributed by atoms with Crippen LogP contribution in [0, 0.1) is 19.8 Å². The fourth-order valence-corrected chi connectivity index (χ4v) is 3.54. The van der Waals surface area contributed by atoms with Crippen LogP contribution in [0.2, 0.25) is 0 Å². The standard InChI is InChI=1S/C22H24N2O3/c1-13(2)9-18(25)19-20(17-7-5-6-8-23-17)24(22(27)21(19)26)16-11-14(3)10-15(4)12-16/h5-8,10-13,20,26H,9H2,1-4H3. The second-order valence-electron chi connectivity index (χ2n) is 7.46. The summed E-state index contributed by atoms with van der Waals surface area (Å²) in [5.41, 5.74) is 3.33. The van der Waals surface area contributed by atoms with Crippen LogP contribution in [0.25, 0.3) is 0 Å². The predicted molar refractivity (Wildman–Crippen MR) is 104 cm³/mol. The maximum absolute atomic E-state index is 13.0. The molecular formula is C22H24N2O3. The molecule has 0 radical (unpaired) electrons. The molecule has 0 saturated carbocycles. The minimum absolute atomic E-state index is 0.118. The maximum atomic E-state index is 13.0. The predicted octanol–water partition coefficient (Wildman–Crippen LogP) is 4.21. The molecule has 5 heteroatoms. The molecule has 1 aromatic heterocycles. The monoisotopic (exact) mass is 364 g/mol. The Morgan fingerprint density at radius 3 is 2.41 bits per heavy atom. The summed E-state index contributed by atoms with van der Waals surface area (Å²) < 4.78 is 0. The van der Waals surface area contributed by atoms with E-state index in [2.05, 4.69) is 4.98 Å². The lowest BCUT2D eigenvalue weighted by atomic mass is 9.94. The highest BCUT2D eigenvalue weighted by Gasteiger charge is 2.44. The Morgan fingerprint density at radius 2 is 1.85 bits per heavy atom. The highest BCUT2D eigenvalue weighted by atomic mass is 16.3. The Hall–Kier alpha value is -2.95. The van der Waals surface area contributed by atoms with Gasteiger partial charge in [0.25, 0.3) is 5.91 Å². The smallest absolute Gasteiger partial charge is 0.294 e. The Labute approximate surface area is 159 Å². The third-order valence-electron chi connectivity index (χ3n) is 4.55. The summed E-state index contributed by atoms with van der Waals surface area (Å²) in [6, 6.07) is 10.4. The fraction of sp³-hybridized carbons (Fsp3) is 0.318. The highest BCUT2D eigenvalue weighted by Crippen LogP contribution is 2.41. The van der Waals surface area contributed by atoms with E-state index in [9.17, 15) is 14.7 Å². The number of aromatic nitrogens is 1. The second kappa shape index (κ2) is 7.35. The summed E-state index contributed by atoms with van der Waals surface area (Å²) in [6.07, 6.45) is 1.89. The van der Waals surface area contributed by atoms with Crippen molar-refractivity contribution < 1.29 is 14.7 Å². The number of amides is 1. The van der Waals surface area contributed by atoms with E-state index in [1.54, 1.807) is 18.3 Å². The molecule has 1 amide bonds. The van der Waals surface area contributed by atoms with Crippen molar-refractivity contribution in [1.29, 1.82) is 0 Å². The molecule has 0 aliphatic carbocycles. The number of aryl methyl sites for hydroxylation is 2. The molecule has 1 atom stereocenters. The number of benzene rings is 1. The number of nitrogens with zero attached hydrogens (tertiary/aromatic N) is 2. The molecule has 3 rings (SSSR count). The Kier molecular flexibility index (Phi) is 5.13. The molecule has 1 aliphatic rings. The lowest BCUT2D eigenvalue weighted by Gasteiger charge is -2.27. The van der Waals surface area contributed by atoms with E-state index in [0.29, 0.717) is 11.4 Å². The number of hydrogen-bond acceptors (Lipinski definition) is 4. The van der Waals surface area contributed by atoms with Gasteiger partial charge in [-0.1, -0.05) is 26.0 Å². The van der Waals surface area contributed by atoms with E-state index in [1.165, 1.54) is 4.90 Å². The third kappa shape index (κ3) is 3.63. The molecule has 2 aromatic rings. The summed E-state index contributed by atoms with van der Waals surface area (Å²) in [4.78, 5) is 31.7. The van der Waals surface area contributed by atoms with Crippen LogP contribution in [-0.4, -0.2) is 21.8 Å². The van der Waals surface area contributed by atoms with Crippen LogP contribution < -0.4 is 4.90 Å². The number of hydrogen-bond donors (Lipinski definition) is 1. The molecule has 140 valence electrons. The Morgan fingerprint density at radius 1 is 1.19 bits per heavy atom. The minimum Gasteiger partial charge on any atom is -0.503 e. The van der Waals surface area contributed by atoms with E-state index in [1.807, 2.05) is 52.0 Å². The van der Waals surface area contributed by atoms with Gasteiger partial charge in [0.2, 0.25) is 0 Å². The highest BCUT2D eigenvalue weighted by molar-refractivity contribution is 6.16. The first kappa shape index (κ1) is 18.8. The van der Waals surface area contributed by atoms with E-state index in [0.717, 1.165) is 11.1 Å². The minimum atomic E-state index is -0.730. The van der Waals surface area contributed by atoms with Gasteiger partial charge >= 0.3 is 0 Å². The lowest BCUT2D eigenvalue weighted by Crippen LogP contribution is -2.31. The molecule has 0 spiro atoms. The number of rotatable bonds is 5. The summed E-state index contributed by atoms with van der Waals surface area (Å²) in [7, 11) is 0. The van der Waals surface area contributed by atoms with Crippen molar-refractivity contribution in [2.24, 2.45) is 5.92 Å². The Bertz CT molecular complexity index is 896. The van der Waals surface area contributed by atoms with Gasteiger partial charge in [-0.2, -0.15) is 0 Å². The van der Waals surface area contributed by atoms with Gasteiger partial charge in [0.15, 0.2) is 11.5 Å². The molecule has 27 heavy (non-hydrogen) atoms. The largest absolute Gasteiger partial charge is 0.503 e. The van der Waals surface area contributed by atoms with E-state index < -0.39 is 17.7 Å². The first-order valence-corrected chi connectivity index (χ1v) is 9.08. The zero-order valence-corrected chi connectivity index (χ0v) is 16.1. The van der Waals surface area contributed by atoms with Gasteiger partial charge in [0, 0.05) is 18.3 Å². The number of Topliss-reactive ketones (excluding diaryl/α,β-unsaturated/α-hetero) is 1. The zero-order valence-electron chi connectivity index (χ0n) is 16.1. The van der Waals surface area contributed by atoms with Gasteiger partial charge in [-0.25, -0.2) is 0 Å². The van der Waals surface area contributed by atoms with Gasteiger partial charge in [0.1, 0.15) is 6.04 Å². The SMILES string of the molecule is Cc1cc(C)cc(N2C(=O)C(O)=C(C(=O)CC(C)C)C2c2ccccn2)c1. The number of ketones is 1. The average molecular weight is 364 g/mol. The molecular weight excluding hydrogens is 340 g/mol. The molecule has 0 saturated heterocycles. The number of carbonyl (C=O) groups excluding carboxylic acids is 2. The number of anilines is 1. The van der Waals surface area contributed by atoms with Crippen LogP contribution >= 0.6 is 0 Å². The Balaban J connectivity index is 2.16. The molecule has 1 aromatic carbocycles. The molecule has 2 heterocycles. The van der Waals surface area contributed by atoms with Crippen molar-refractivity contribution in [3.05, 3.63) is 70.7 Å². The van der Waals surface area contributed by atoms with Gasteiger partial charge in [-0.3, -0.25) is 19.5 Å². The molecule has 5 nitrogen and oxygen atoms in total. The topological polar surface area (TPSA) is 70.5 Å². The number of aliphatic hydroxyl groups excluding tert-OH is 1. The summed E-state index contributed by atoms with van der Waals surface area (Å²) in [5, 5.41) is 10.6. The third-order valence-corrected chi connectivity index (χ3v) is 4.55. The van der Waals surface area contributed by atoms with Crippen molar-refractivity contribution in [3.63, 3.8) is 0 Å². The zero-order chi connectivity index (χ0) is 19.7. The molecule has 0 bridgehead atoms. The lowest BCUT2D eigenvalue weighted by molar-refractivity contribution is -0.118. The van der Waals surface area contributed by atoms with E-state index in [4.69, 9.17) is 0 Å². The first-order chi connectivity index (χ1) is 12.8. The number of aliphatic hydroxyl groups is 1. The normalized spacial score (nSPS) is 17.1. The van der Waals surface area contributed by atoms with Crippen LogP contribution in [0.3, 0.4) is 0 Å². The fourth-order valence-electron chi connectivity index (χ4n) is 3.54. The van der Waals surface area contributed by atoms with Gasteiger partial charge in [-0.15, -0.1) is 0 Å². The molecule has 1 aliphatic heterocycles. The number of carbonyl (C=O) groups is 2. The first-order valence-electron chi connectivity index (χ1n) is 9.08. The summed E-state index contributed by atoms with van der Waals surface area (Å²) in [6.45, 7) is 7.77. The second-order valence-corrected chi connectivity index (χ2v) is 7.46. The summed E-state index contributed by atoms with van der Waals surface area (Å²) in [5.74, 6) is -1.15. The van der Waals surface area contributed by atoms with Crippen LogP contribution in [-0.2, 0) is 9.59 Å². The van der Waals surface area contributed by atoms with Gasteiger partial charge < -0.3 is 5.11 Å². The van der Waals surface area contributed by atoms with Crippen LogP contribution in [0.1, 0.15) is 43.1 Å². The van der Waals surface area contributed by atoms with E-state index in [-0.39, 0.29) is 23.7 Å². The van der Waals surface area contributed by atoms with Crippen molar-refractivity contribution in [1.82, 2.24) is 4.98 Å². The van der Waals surface area contributed by atoms with E-state index >= 15 is 0 Å². The number of pyridine rings is 1. The van der Waals surface area contributed by atoms with Crippen molar-refractivity contribution >= 4 is 17.4 Å². The maximum Gasteiger partial charge on any atom is 0.294 e. The molecule has 0 fully saturated rings. The van der Waals surface area contributed by atoms with Crippen molar-refractivity contribution in [2.75, 3.05) is 4.90 Å². The summed E-state index contributed by atoms with van der Waals surface area (Å²) >= 11 is 0. The molecule has 1 N–H and O–H groups in total.